The van der Waals surface area contributed by atoms with Gasteiger partial charge in [-0.1, -0.05) is 0 Å². The normalized spacial score (nSPS) is 24.3. The Labute approximate surface area is 112 Å². The summed E-state index contributed by atoms with van der Waals surface area (Å²) >= 11 is 1.57. The fourth-order valence-electron chi connectivity index (χ4n) is 2.44. The summed E-state index contributed by atoms with van der Waals surface area (Å²) in [6.45, 7) is 8.85. The summed E-state index contributed by atoms with van der Waals surface area (Å²) in [6.07, 6.45) is 1.62. The second-order valence-electron chi connectivity index (χ2n) is 5.09. The van der Waals surface area contributed by atoms with E-state index in [1.807, 2.05) is 13.1 Å². The van der Waals surface area contributed by atoms with Crippen molar-refractivity contribution >= 4 is 16.5 Å². The lowest BCUT2D eigenvalue weighted by Gasteiger charge is -2.40. The molecular formula is C12H22N4OS. The molecule has 0 spiro atoms. The van der Waals surface area contributed by atoms with E-state index < -0.39 is 0 Å². The lowest BCUT2D eigenvalue weighted by atomic mass is 10.1. The van der Waals surface area contributed by atoms with E-state index in [-0.39, 0.29) is 6.10 Å². The van der Waals surface area contributed by atoms with Gasteiger partial charge in [-0.25, -0.2) is 4.98 Å². The van der Waals surface area contributed by atoms with E-state index in [0.29, 0.717) is 11.2 Å². The van der Waals surface area contributed by atoms with Crippen molar-refractivity contribution in [1.29, 1.82) is 0 Å². The minimum absolute atomic E-state index is 0.250. The molecule has 2 atom stereocenters. The third-order valence-corrected chi connectivity index (χ3v) is 4.11. The second kappa shape index (κ2) is 5.97. The lowest BCUT2D eigenvalue weighted by molar-refractivity contribution is 0.0426. The van der Waals surface area contributed by atoms with Crippen molar-refractivity contribution < 1.29 is 5.11 Å². The highest BCUT2D eigenvalue weighted by Crippen LogP contribution is 2.19. The molecule has 0 saturated carbocycles. The van der Waals surface area contributed by atoms with Gasteiger partial charge in [-0.2, -0.15) is 0 Å². The molecule has 102 valence electrons. The fraction of sp³-hybridized carbons (Fsp3) is 0.750. The molecule has 0 bridgehead atoms. The molecule has 5 nitrogen and oxygen atoms in total. The highest BCUT2D eigenvalue weighted by atomic mass is 32.1. The summed E-state index contributed by atoms with van der Waals surface area (Å²) in [5.74, 6) is 0. The van der Waals surface area contributed by atoms with Gasteiger partial charge in [0, 0.05) is 49.8 Å². The Kier molecular flexibility index (Phi) is 4.55. The molecule has 2 unspecified atom stereocenters. The van der Waals surface area contributed by atoms with Gasteiger partial charge in [-0.15, -0.1) is 11.3 Å². The van der Waals surface area contributed by atoms with Crippen molar-refractivity contribution in [1.82, 2.24) is 14.8 Å². The molecule has 2 heterocycles. The maximum absolute atomic E-state index is 9.45. The number of hydrogen-bond donors (Lipinski definition) is 2. The van der Waals surface area contributed by atoms with E-state index in [2.05, 4.69) is 21.7 Å². The first kappa shape index (κ1) is 13.7. The number of nitrogens with zero attached hydrogens (tertiary/aromatic N) is 3. The summed E-state index contributed by atoms with van der Waals surface area (Å²) in [6, 6.07) is 0.485. The first-order valence-electron chi connectivity index (χ1n) is 6.39. The first-order valence-corrected chi connectivity index (χ1v) is 7.21. The first-order chi connectivity index (χ1) is 8.54. The fourth-order valence-corrected chi connectivity index (χ4v) is 3.17. The van der Waals surface area contributed by atoms with E-state index in [9.17, 15) is 5.11 Å². The van der Waals surface area contributed by atoms with Gasteiger partial charge in [0.25, 0.3) is 0 Å². The van der Waals surface area contributed by atoms with Crippen LogP contribution in [0.25, 0.3) is 0 Å². The van der Waals surface area contributed by atoms with Crippen LogP contribution in [-0.4, -0.2) is 58.2 Å². The number of aromatic nitrogens is 1. The average molecular weight is 270 g/mol. The van der Waals surface area contributed by atoms with Gasteiger partial charge in [-0.3, -0.25) is 9.80 Å². The molecule has 1 aliphatic heterocycles. The van der Waals surface area contributed by atoms with E-state index >= 15 is 0 Å². The number of hydrogen-bond acceptors (Lipinski definition) is 6. The number of thiazole rings is 1. The Morgan fingerprint density at radius 1 is 1.61 bits per heavy atom. The van der Waals surface area contributed by atoms with Gasteiger partial charge in [-0.05, 0) is 13.8 Å². The zero-order valence-corrected chi connectivity index (χ0v) is 11.9. The van der Waals surface area contributed by atoms with Gasteiger partial charge in [0.15, 0.2) is 5.13 Å². The molecule has 1 aromatic rings. The van der Waals surface area contributed by atoms with Gasteiger partial charge in [0.05, 0.1) is 6.10 Å². The van der Waals surface area contributed by atoms with Gasteiger partial charge in [0.1, 0.15) is 0 Å². The standard InChI is InChI=1S/C12H22N4OS/c1-9-6-15(3-4-16(9)7-10(2)17)8-11-5-14-12(13)18-11/h5,9-10,17H,3-4,6-8H2,1-2H3,(H2,13,14). The van der Waals surface area contributed by atoms with Crippen molar-refractivity contribution in [2.45, 2.75) is 32.5 Å². The van der Waals surface area contributed by atoms with Crippen LogP contribution in [0.2, 0.25) is 0 Å². The summed E-state index contributed by atoms with van der Waals surface area (Å²) in [5, 5.41) is 10.1. The minimum Gasteiger partial charge on any atom is -0.392 e. The van der Waals surface area contributed by atoms with Gasteiger partial charge < -0.3 is 10.8 Å². The Balaban J connectivity index is 1.84. The van der Waals surface area contributed by atoms with E-state index in [0.717, 1.165) is 32.7 Å². The molecule has 0 amide bonds. The quantitative estimate of drug-likeness (QED) is 0.839. The number of aliphatic hydroxyl groups is 1. The summed E-state index contributed by atoms with van der Waals surface area (Å²) in [5.41, 5.74) is 5.64. The Morgan fingerprint density at radius 3 is 2.94 bits per heavy atom. The monoisotopic (exact) mass is 270 g/mol. The van der Waals surface area contributed by atoms with E-state index in [1.165, 1.54) is 4.88 Å². The molecule has 1 saturated heterocycles. The number of β-amino-alcohol motifs (C(OH)–C–C–N with tert-alkyl or cyclic N) is 1. The van der Waals surface area contributed by atoms with Crippen LogP contribution in [-0.2, 0) is 6.54 Å². The van der Waals surface area contributed by atoms with Crippen molar-refractivity contribution in [2.75, 3.05) is 31.9 Å². The molecular weight excluding hydrogens is 248 g/mol. The van der Waals surface area contributed by atoms with Crippen LogP contribution in [0.1, 0.15) is 18.7 Å². The van der Waals surface area contributed by atoms with E-state index in [4.69, 9.17) is 5.73 Å². The van der Waals surface area contributed by atoms with Gasteiger partial charge in [0.2, 0.25) is 0 Å². The SMILES string of the molecule is CC(O)CN1CCN(Cc2cnc(N)s2)CC1C. The zero-order chi connectivity index (χ0) is 13.1. The molecule has 1 aliphatic rings. The maximum Gasteiger partial charge on any atom is 0.180 e. The van der Waals surface area contributed by atoms with Crippen LogP contribution in [0.3, 0.4) is 0 Å². The second-order valence-corrected chi connectivity index (χ2v) is 6.24. The summed E-state index contributed by atoms with van der Waals surface area (Å²) < 4.78 is 0. The van der Waals surface area contributed by atoms with Crippen LogP contribution in [0.15, 0.2) is 6.20 Å². The number of rotatable bonds is 4. The minimum atomic E-state index is -0.250. The molecule has 0 aromatic carbocycles. The predicted octanol–water partition coefficient (Wildman–Crippen LogP) is 0.612. The van der Waals surface area contributed by atoms with Crippen LogP contribution in [0.5, 0.6) is 0 Å². The number of aliphatic hydroxyl groups excluding tert-OH is 1. The average Bonchev–Trinajstić information content (AvgIpc) is 2.68. The Hall–Kier alpha value is -0.690. The number of anilines is 1. The van der Waals surface area contributed by atoms with Crippen LogP contribution in [0.4, 0.5) is 5.13 Å². The highest BCUT2D eigenvalue weighted by Gasteiger charge is 2.24. The van der Waals surface area contributed by atoms with Crippen molar-refractivity contribution in [3.8, 4) is 0 Å². The Bertz CT molecular complexity index is 382. The molecule has 3 N–H and O–H groups in total. The van der Waals surface area contributed by atoms with Crippen LogP contribution in [0, 0.1) is 0 Å². The number of piperazine rings is 1. The zero-order valence-electron chi connectivity index (χ0n) is 11.0. The van der Waals surface area contributed by atoms with Crippen molar-refractivity contribution in [3.05, 3.63) is 11.1 Å². The molecule has 1 aromatic heterocycles. The molecule has 1 fully saturated rings. The largest absolute Gasteiger partial charge is 0.392 e. The van der Waals surface area contributed by atoms with Gasteiger partial charge >= 0.3 is 0 Å². The molecule has 2 rings (SSSR count). The third kappa shape index (κ3) is 3.65. The maximum atomic E-state index is 9.45. The molecule has 18 heavy (non-hydrogen) atoms. The molecule has 0 radical (unpaired) electrons. The Morgan fingerprint density at radius 2 is 2.39 bits per heavy atom. The van der Waals surface area contributed by atoms with Crippen molar-refractivity contribution in [3.63, 3.8) is 0 Å². The number of nitrogens with two attached hydrogens (primary N) is 1. The number of nitrogen functional groups attached to an aromatic ring is 1. The molecule has 6 heteroatoms. The topological polar surface area (TPSA) is 65.6 Å². The predicted molar refractivity (Wildman–Crippen MR) is 74.5 cm³/mol. The highest BCUT2D eigenvalue weighted by molar-refractivity contribution is 7.15. The van der Waals surface area contributed by atoms with E-state index in [1.54, 1.807) is 11.3 Å². The molecule has 0 aliphatic carbocycles. The third-order valence-electron chi connectivity index (χ3n) is 3.30. The van der Waals surface area contributed by atoms with Crippen molar-refractivity contribution in [2.24, 2.45) is 0 Å². The summed E-state index contributed by atoms with van der Waals surface area (Å²) in [7, 11) is 0. The van der Waals surface area contributed by atoms with Crippen LogP contribution < -0.4 is 5.73 Å². The summed E-state index contributed by atoms with van der Waals surface area (Å²) in [4.78, 5) is 10.1. The van der Waals surface area contributed by atoms with Crippen LogP contribution >= 0.6 is 11.3 Å². The smallest absolute Gasteiger partial charge is 0.180 e. The lowest BCUT2D eigenvalue weighted by Crippen LogP contribution is -2.52.